The summed E-state index contributed by atoms with van der Waals surface area (Å²) in [5.41, 5.74) is 1.78. The second-order valence-corrected chi connectivity index (χ2v) is 10.5. The summed E-state index contributed by atoms with van der Waals surface area (Å²) >= 11 is 6.29. The van der Waals surface area contributed by atoms with Crippen LogP contribution < -0.4 is 0 Å². The number of sulfonamides is 1. The standard InChI is InChI=1S/C24H31ClN4O2S/c1-3-20(4-2)27-15-17-28(18-16-27)24-26-13-14-29(24)32(30,31)21-11-9-19(10-12-21)22-7-5-6-8-23(22)25/h5-12,20H,3-4,13-18H2,1-2H3. The number of hydrogen-bond acceptors (Lipinski definition) is 5. The van der Waals surface area contributed by atoms with Crippen LogP contribution in [0, 0.1) is 0 Å². The maximum Gasteiger partial charge on any atom is 0.266 e. The molecule has 172 valence electrons. The fourth-order valence-corrected chi connectivity index (χ4v) is 6.32. The fourth-order valence-electron chi connectivity index (χ4n) is 4.63. The van der Waals surface area contributed by atoms with E-state index in [2.05, 4.69) is 28.6 Å². The van der Waals surface area contributed by atoms with E-state index in [1.165, 1.54) is 4.31 Å². The van der Waals surface area contributed by atoms with Gasteiger partial charge in [0.15, 0.2) is 0 Å². The molecule has 0 radical (unpaired) electrons. The first-order valence-electron chi connectivity index (χ1n) is 11.4. The van der Waals surface area contributed by atoms with E-state index in [1.54, 1.807) is 12.1 Å². The summed E-state index contributed by atoms with van der Waals surface area (Å²) in [5.74, 6) is 0.587. The van der Waals surface area contributed by atoms with Crippen molar-refractivity contribution in [1.82, 2.24) is 14.1 Å². The molecule has 0 saturated carbocycles. The van der Waals surface area contributed by atoms with Gasteiger partial charge in [0.05, 0.1) is 18.0 Å². The Kier molecular flexibility index (Phi) is 7.08. The summed E-state index contributed by atoms with van der Waals surface area (Å²) in [4.78, 5) is 9.49. The third-order valence-electron chi connectivity index (χ3n) is 6.46. The largest absolute Gasteiger partial charge is 0.339 e. The van der Waals surface area contributed by atoms with Gasteiger partial charge in [0.1, 0.15) is 0 Å². The van der Waals surface area contributed by atoms with Crippen molar-refractivity contribution in [2.24, 2.45) is 4.99 Å². The number of guanidine groups is 1. The molecular weight excluding hydrogens is 444 g/mol. The summed E-state index contributed by atoms with van der Waals surface area (Å²) in [7, 11) is -3.67. The minimum Gasteiger partial charge on any atom is -0.339 e. The molecule has 2 heterocycles. The van der Waals surface area contributed by atoms with Gasteiger partial charge in [-0.05, 0) is 36.6 Å². The average Bonchev–Trinajstić information content (AvgIpc) is 3.32. The molecule has 4 rings (SSSR count). The third kappa shape index (κ3) is 4.51. The van der Waals surface area contributed by atoms with Crippen LogP contribution in [0.5, 0.6) is 0 Å². The van der Waals surface area contributed by atoms with Crippen molar-refractivity contribution in [2.75, 3.05) is 39.3 Å². The molecule has 2 aromatic rings. The van der Waals surface area contributed by atoms with Gasteiger partial charge < -0.3 is 4.90 Å². The second kappa shape index (κ2) is 9.81. The van der Waals surface area contributed by atoms with E-state index in [9.17, 15) is 8.42 Å². The molecule has 0 aliphatic carbocycles. The monoisotopic (exact) mass is 474 g/mol. The van der Waals surface area contributed by atoms with E-state index in [0.29, 0.717) is 30.1 Å². The van der Waals surface area contributed by atoms with E-state index in [0.717, 1.165) is 50.1 Å². The molecule has 1 fully saturated rings. The minimum atomic E-state index is -3.67. The molecule has 2 aliphatic rings. The van der Waals surface area contributed by atoms with E-state index < -0.39 is 10.0 Å². The number of piperazine rings is 1. The molecule has 8 heteroatoms. The highest BCUT2D eigenvalue weighted by Gasteiger charge is 2.35. The first kappa shape index (κ1) is 23.1. The summed E-state index contributed by atoms with van der Waals surface area (Å²) in [5, 5.41) is 0.643. The minimum absolute atomic E-state index is 0.276. The van der Waals surface area contributed by atoms with Crippen molar-refractivity contribution in [1.29, 1.82) is 0 Å². The van der Waals surface area contributed by atoms with Crippen molar-refractivity contribution in [3.63, 3.8) is 0 Å². The van der Waals surface area contributed by atoms with Gasteiger partial charge in [-0.3, -0.25) is 9.89 Å². The van der Waals surface area contributed by atoms with Gasteiger partial charge in [0.2, 0.25) is 5.96 Å². The topological polar surface area (TPSA) is 56.2 Å². The van der Waals surface area contributed by atoms with E-state index in [4.69, 9.17) is 11.6 Å². The van der Waals surface area contributed by atoms with Crippen molar-refractivity contribution >= 4 is 27.6 Å². The fraction of sp³-hybridized carbons (Fsp3) is 0.458. The zero-order valence-corrected chi connectivity index (χ0v) is 20.3. The lowest BCUT2D eigenvalue weighted by atomic mass is 10.1. The number of nitrogens with zero attached hydrogens (tertiary/aromatic N) is 4. The number of aliphatic imine (C=N–C) groups is 1. The van der Waals surface area contributed by atoms with Crippen LogP contribution >= 0.6 is 11.6 Å². The Bertz CT molecular complexity index is 1060. The van der Waals surface area contributed by atoms with Gasteiger partial charge in [-0.2, -0.15) is 0 Å². The highest BCUT2D eigenvalue weighted by Crippen LogP contribution is 2.29. The molecule has 0 N–H and O–H groups in total. The molecule has 0 unspecified atom stereocenters. The Morgan fingerprint density at radius 2 is 1.59 bits per heavy atom. The van der Waals surface area contributed by atoms with Gasteiger partial charge >= 0.3 is 0 Å². The first-order chi connectivity index (χ1) is 15.5. The lowest BCUT2D eigenvalue weighted by Gasteiger charge is -2.40. The SMILES string of the molecule is CCC(CC)N1CCN(C2=NCCN2S(=O)(=O)c2ccc(-c3ccccc3Cl)cc2)CC1. The van der Waals surface area contributed by atoms with Crippen LogP contribution in [0.2, 0.25) is 5.02 Å². The zero-order valence-electron chi connectivity index (χ0n) is 18.7. The predicted octanol–water partition coefficient (Wildman–Crippen LogP) is 4.17. The van der Waals surface area contributed by atoms with Gasteiger partial charge in [0.25, 0.3) is 10.0 Å². The quantitative estimate of drug-likeness (QED) is 0.630. The Hall–Kier alpha value is -2.09. The van der Waals surface area contributed by atoms with E-state index in [-0.39, 0.29) is 4.90 Å². The van der Waals surface area contributed by atoms with Gasteiger partial charge in [-0.15, -0.1) is 0 Å². The summed E-state index contributed by atoms with van der Waals surface area (Å²) in [6.45, 7) is 8.81. The Labute approximate surface area is 196 Å². The Morgan fingerprint density at radius 3 is 2.22 bits per heavy atom. The molecule has 0 amide bonds. The highest BCUT2D eigenvalue weighted by molar-refractivity contribution is 7.89. The van der Waals surface area contributed by atoms with Crippen LogP contribution in [-0.4, -0.2) is 73.8 Å². The third-order valence-corrected chi connectivity index (χ3v) is 8.59. The Balaban J connectivity index is 1.49. The van der Waals surface area contributed by atoms with Crippen LogP contribution in [0.4, 0.5) is 0 Å². The smallest absolute Gasteiger partial charge is 0.266 e. The van der Waals surface area contributed by atoms with Crippen molar-refractivity contribution in [3.05, 3.63) is 53.6 Å². The molecule has 0 spiro atoms. The van der Waals surface area contributed by atoms with Gasteiger partial charge in [-0.25, -0.2) is 12.7 Å². The number of benzene rings is 2. The predicted molar refractivity (Wildman–Crippen MR) is 131 cm³/mol. The first-order valence-corrected chi connectivity index (χ1v) is 13.2. The molecule has 6 nitrogen and oxygen atoms in total. The molecule has 2 aliphatic heterocycles. The summed E-state index contributed by atoms with van der Waals surface area (Å²) < 4.78 is 28.4. The number of hydrogen-bond donors (Lipinski definition) is 0. The van der Waals surface area contributed by atoms with Gasteiger partial charge in [0, 0.05) is 42.8 Å². The number of rotatable bonds is 6. The van der Waals surface area contributed by atoms with Crippen LogP contribution in [0.25, 0.3) is 11.1 Å². The maximum atomic E-state index is 13.4. The summed E-state index contributed by atoms with van der Waals surface area (Å²) in [6, 6.07) is 15.1. The average molecular weight is 475 g/mol. The van der Waals surface area contributed by atoms with Crippen LogP contribution in [0.3, 0.4) is 0 Å². The molecule has 0 bridgehead atoms. The maximum absolute atomic E-state index is 13.4. The summed E-state index contributed by atoms with van der Waals surface area (Å²) in [6.07, 6.45) is 2.28. The molecule has 2 aromatic carbocycles. The molecule has 32 heavy (non-hydrogen) atoms. The van der Waals surface area contributed by atoms with Crippen LogP contribution in [0.15, 0.2) is 58.4 Å². The zero-order chi connectivity index (χ0) is 22.7. The van der Waals surface area contributed by atoms with E-state index in [1.807, 2.05) is 36.4 Å². The second-order valence-electron chi connectivity index (χ2n) is 8.26. The normalized spacial score (nSPS) is 17.8. The van der Waals surface area contributed by atoms with Crippen molar-refractivity contribution in [2.45, 2.75) is 37.6 Å². The van der Waals surface area contributed by atoms with Crippen molar-refractivity contribution in [3.8, 4) is 11.1 Å². The lowest BCUT2D eigenvalue weighted by Crippen LogP contribution is -2.55. The molecule has 0 aromatic heterocycles. The van der Waals surface area contributed by atoms with Gasteiger partial charge in [-0.1, -0.05) is 55.8 Å². The molecular formula is C24H31ClN4O2S. The number of halogens is 1. The highest BCUT2D eigenvalue weighted by atomic mass is 35.5. The lowest BCUT2D eigenvalue weighted by molar-refractivity contribution is 0.122. The van der Waals surface area contributed by atoms with Crippen molar-refractivity contribution < 1.29 is 8.42 Å². The Morgan fingerprint density at radius 1 is 0.938 bits per heavy atom. The van der Waals surface area contributed by atoms with Crippen LogP contribution in [0.1, 0.15) is 26.7 Å². The molecule has 1 saturated heterocycles. The molecule has 0 atom stereocenters. The van der Waals surface area contributed by atoms with Crippen LogP contribution in [-0.2, 0) is 10.0 Å². The van der Waals surface area contributed by atoms with E-state index >= 15 is 0 Å².